The van der Waals surface area contributed by atoms with Gasteiger partial charge in [-0.05, 0) is 35.4 Å². The van der Waals surface area contributed by atoms with Crippen molar-refractivity contribution in [3.05, 3.63) is 64.9 Å². The predicted molar refractivity (Wildman–Crippen MR) is 134 cm³/mol. The lowest BCUT2D eigenvalue weighted by Crippen LogP contribution is -2.60. The van der Waals surface area contributed by atoms with Gasteiger partial charge in [0.1, 0.15) is 12.3 Å². The summed E-state index contributed by atoms with van der Waals surface area (Å²) in [7, 11) is 1.64. The van der Waals surface area contributed by atoms with Crippen molar-refractivity contribution in [3.8, 4) is 5.75 Å². The number of likely N-dealkylation sites (tertiary alicyclic amines) is 1. The second-order valence-corrected chi connectivity index (χ2v) is 10.0. The molecule has 0 radical (unpaired) electrons. The number of benzene rings is 2. The van der Waals surface area contributed by atoms with E-state index in [0.717, 1.165) is 30.1 Å². The van der Waals surface area contributed by atoms with Gasteiger partial charge in [-0.2, -0.15) is 0 Å². The largest absolute Gasteiger partial charge is 0.633 e. The number of anilines is 1. The lowest BCUT2D eigenvalue weighted by atomic mass is 9.86. The third-order valence-electron chi connectivity index (χ3n) is 7.94. The Bertz CT molecular complexity index is 1030. The van der Waals surface area contributed by atoms with Gasteiger partial charge >= 0.3 is 6.03 Å². The molecule has 2 amide bonds. The van der Waals surface area contributed by atoms with Gasteiger partial charge in [-0.3, -0.25) is 15.8 Å². The van der Waals surface area contributed by atoms with Gasteiger partial charge in [-0.1, -0.05) is 24.3 Å². The Hall–Kier alpha value is -2.69. The van der Waals surface area contributed by atoms with Crippen LogP contribution < -0.4 is 20.5 Å². The summed E-state index contributed by atoms with van der Waals surface area (Å²) in [5, 5.41) is 22.4. The van der Waals surface area contributed by atoms with Gasteiger partial charge < -0.3 is 24.6 Å². The second kappa shape index (κ2) is 9.75. The van der Waals surface area contributed by atoms with Crippen molar-refractivity contribution in [2.75, 3.05) is 57.9 Å². The third kappa shape index (κ3) is 4.74. The van der Waals surface area contributed by atoms with E-state index in [1.807, 2.05) is 46.2 Å². The van der Waals surface area contributed by atoms with Crippen molar-refractivity contribution >= 4 is 11.7 Å². The quantitative estimate of drug-likeness (QED) is 0.414. The summed E-state index contributed by atoms with van der Waals surface area (Å²) in [6, 6.07) is 16.1. The molecule has 3 fully saturated rings. The van der Waals surface area contributed by atoms with Crippen LogP contribution >= 0.6 is 0 Å². The van der Waals surface area contributed by atoms with Gasteiger partial charge in [-0.25, -0.2) is 4.79 Å². The first-order valence-electron chi connectivity index (χ1n) is 12.4. The zero-order valence-corrected chi connectivity index (χ0v) is 20.3. The zero-order chi connectivity index (χ0) is 24.5. The molecule has 2 aromatic carbocycles. The summed E-state index contributed by atoms with van der Waals surface area (Å²) in [5.41, 5.74) is 9.04. The minimum absolute atomic E-state index is 0.0298. The van der Waals surface area contributed by atoms with Crippen molar-refractivity contribution in [1.29, 1.82) is 0 Å². The van der Waals surface area contributed by atoms with Gasteiger partial charge in [0.25, 0.3) is 0 Å². The van der Waals surface area contributed by atoms with Gasteiger partial charge in [0.2, 0.25) is 0 Å². The van der Waals surface area contributed by atoms with Crippen molar-refractivity contribution in [3.63, 3.8) is 0 Å². The average molecular weight is 482 g/mol. The normalized spacial score (nSPS) is 27.2. The number of nitrogens with one attached hydrogen (secondary N) is 2. The first-order chi connectivity index (χ1) is 17.0. The van der Waals surface area contributed by atoms with Crippen molar-refractivity contribution in [2.45, 2.75) is 30.8 Å². The molecule has 0 aromatic heterocycles. The number of amides is 2. The Labute approximate surface area is 206 Å². The maximum atomic E-state index is 13.8. The molecule has 1 spiro atoms. The van der Waals surface area contributed by atoms with Crippen LogP contribution in [0.5, 0.6) is 5.75 Å². The fourth-order valence-corrected chi connectivity index (χ4v) is 5.71. The molecule has 5 rings (SSSR count). The number of ether oxygens (including phenoxy) is 1. The van der Waals surface area contributed by atoms with Gasteiger partial charge in [0, 0.05) is 44.1 Å². The fraction of sp³-hybridized carbons (Fsp3) is 0.500. The molecule has 35 heavy (non-hydrogen) atoms. The third-order valence-corrected chi connectivity index (χ3v) is 7.94. The Morgan fingerprint density at radius 2 is 1.86 bits per heavy atom. The van der Waals surface area contributed by atoms with Crippen LogP contribution in [0.2, 0.25) is 0 Å². The molecule has 0 aliphatic carbocycles. The maximum absolute atomic E-state index is 13.8. The molecule has 0 bridgehead atoms. The molecule has 3 aliphatic heterocycles. The van der Waals surface area contributed by atoms with E-state index in [2.05, 4.69) is 23.0 Å². The van der Waals surface area contributed by atoms with Crippen LogP contribution in [0, 0.1) is 5.21 Å². The summed E-state index contributed by atoms with van der Waals surface area (Å²) >= 11 is 0. The van der Waals surface area contributed by atoms with Gasteiger partial charge in [0.05, 0.1) is 38.9 Å². The monoisotopic (exact) mass is 481 g/mol. The second-order valence-electron chi connectivity index (χ2n) is 10.0. The Balaban J connectivity index is 1.41. The van der Waals surface area contributed by atoms with E-state index in [4.69, 9.17) is 4.74 Å². The minimum Gasteiger partial charge on any atom is -0.633 e. The highest BCUT2D eigenvalue weighted by atomic mass is 16.5. The minimum atomic E-state index is -0.417. The number of nitrogens with zero attached hydrogens (tertiary/aromatic N) is 3. The van der Waals surface area contributed by atoms with E-state index < -0.39 is 10.2 Å². The maximum Gasteiger partial charge on any atom is 0.325 e. The number of hydrazine groups is 1. The summed E-state index contributed by atoms with van der Waals surface area (Å²) in [5.74, 6) is 1.18. The van der Waals surface area contributed by atoms with E-state index in [1.54, 1.807) is 7.11 Å². The summed E-state index contributed by atoms with van der Waals surface area (Å²) in [6.45, 7) is 3.69. The van der Waals surface area contributed by atoms with Crippen molar-refractivity contribution < 1.29 is 19.3 Å². The zero-order valence-electron chi connectivity index (χ0n) is 20.3. The number of piperidine rings is 1. The first kappa shape index (κ1) is 24.0. The lowest BCUT2D eigenvalue weighted by Gasteiger charge is -2.51. The number of hydrogen-bond acceptors (Lipinski definition) is 6. The van der Waals surface area contributed by atoms with Gasteiger partial charge in [-0.15, -0.1) is 0 Å². The topological polar surface area (TPSA) is 100 Å². The van der Waals surface area contributed by atoms with Crippen LogP contribution in [0.3, 0.4) is 0 Å². The molecule has 0 saturated carbocycles. The number of aliphatic hydroxyl groups is 1. The first-order valence-corrected chi connectivity index (χ1v) is 12.4. The smallest absolute Gasteiger partial charge is 0.325 e. The lowest BCUT2D eigenvalue weighted by molar-refractivity contribution is -0.887. The molecule has 0 atom stereocenters. The predicted octanol–water partition coefficient (Wildman–Crippen LogP) is 2.17. The highest BCUT2D eigenvalue weighted by molar-refractivity contribution is 5.95. The molecule has 3 N–H and O–H groups in total. The number of quaternary nitrogens is 1. The molecule has 188 valence electrons. The molecular formula is C26H35N5O4. The van der Waals surface area contributed by atoms with Crippen molar-refractivity contribution in [2.24, 2.45) is 0 Å². The average Bonchev–Trinajstić information content (AvgIpc) is 3.50. The molecule has 0 unspecified atom stereocenters. The summed E-state index contributed by atoms with van der Waals surface area (Å²) in [6.07, 6.45) is 1.22. The van der Waals surface area contributed by atoms with Crippen LogP contribution in [0.25, 0.3) is 0 Å². The van der Waals surface area contributed by atoms with Crippen LogP contribution in [0.4, 0.5) is 10.5 Å². The van der Waals surface area contributed by atoms with Crippen LogP contribution in [0.15, 0.2) is 48.5 Å². The molecule has 3 saturated heterocycles. The molecule has 3 heterocycles. The summed E-state index contributed by atoms with van der Waals surface area (Å²) < 4.78 is 5.00. The van der Waals surface area contributed by atoms with E-state index in [1.165, 1.54) is 5.56 Å². The molecule has 9 heteroatoms. The number of rotatable bonds is 7. The number of carbonyl (C=O) groups is 1. The van der Waals surface area contributed by atoms with E-state index in [-0.39, 0.29) is 19.2 Å². The number of aliphatic hydroxyl groups excluding tert-OH is 1. The number of hydrogen-bond donors (Lipinski definition) is 3. The molecule has 2 aromatic rings. The molecular weight excluding hydrogens is 446 g/mol. The number of methoxy groups -OCH3 is 1. The van der Waals surface area contributed by atoms with E-state index >= 15 is 0 Å². The van der Waals surface area contributed by atoms with E-state index in [0.29, 0.717) is 44.9 Å². The highest BCUT2D eigenvalue weighted by Crippen LogP contribution is 2.41. The van der Waals surface area contributed by atoms with E-state index in [9.17, 15) is 15.1 Å². The van der Waals surface area contributed by atoms with Crippen molar-refractivity contribution in [1.82, 2.24) is 15.8 Å². The van der Waals surface area contributed by atoms with Crippen LogP contribution in [-0.2, 0) is 6.54 Å². The van der Waals surface area contributed by atoms with Gasteiger partial charge in [0.15, 0.2) is 0 Å². The number of hydroxylamine groups is 3. The molecule has 3 aliphatic rings. The Morgan fingerprint density at radius 3 is 2.51 bits per heavy atom. The standard InChI is InChI=1S/C26H35N5O4/c1-35-24-4-2-3-20(15-24)18-30-25(33)29(19-26(30)9-11-31(34,12-10-26)13-14-32)23-7-5-21(6-8-23)22-16-27-28-17-22/h2-8,15,22,27-28,32H,9-14,16-19H2,1H3. The SMILES string of the molecule is COc1cccc(CN2C(=O)N(c3ccc(C4CNNC4)cc3)CC23CC[N+]([O-])(CCO)CC3)c1. The van der Waals surface area contributed by atoms with Crippen LogP contribution in [-0.4, -0.2) is 79.2 Å². The summed E-state index contributed by atoms with van der Waals surface area (Å²) in [4.78, 5) is 17.7. The number of carbonyl (C=O) groups excluding carboxylic acids is 1. The Kier molecular flexibility index (Phi) is 6.69. The Morgan fingerprint density at radius 1 is 1.14 bits per heavy atom. The highest BCUT2D eigenvalue weighted by Gasteiger charge is 2.53. The molecule has 9 nitrogen and oxygen atoms in total. The van der Waals surface area contributed by atoms with Crippen LogP contribution in [0.1, 0.15) is 29.9 Å². The number of urea groups is 1. The fourth-order valence-electron chi connectivity index (χ4n) is 5.71.